The number of carbonyl (C=O) groups is 1. The minimum atomic E-state index is -0.417. The molecule has 2 rings (SSSR count). The standard InChI is InChI=1S/C14H27N3O.2ClH/c1-14(2,3)12(15)13(18)16-10-6-8-17-7-4-5-11(17)9-10;;/h10-12H,4-9,15H2,1-3H3,(H,16,18);2*1H/t10?,11?,12-;;/m1../s1. The Morgan fingerprint density at radius 1 is 1.25 bits per heavy atom. The fourth-order valence-electron chi connectivity index (χ4n) is 3.04. The van der Waals surface area contributed by atoms with Crippen LogP contribution in [0.5, 0.6) is 0 Å². The molecule has 0 radical (unpaired) electrons. The predicted octanol–water partition coefficient (Wildman–Crippen LogP) is 1.95. The quantitative estimate of drug-likeness (QED) is 0.815. The van der Waals surface area contributed by atoms with E-state index in [1.807, 2.05) is 20.8 Å². The van der Waals surface area contributed by atoms with Gasteiger partial charge in [-0.3, -0.25) is 4.79 Å². The van der Waals surface area contributed by atoms with Crippen molar-refractivity contribution in [3.05, 3.63) is 0 Å². The van der Waals surface area contributed by atoms with E-state index >= 15 is 0 Å². The van der Waals surface area contributed by atoms with Crippen LogP contribution >= 0.6 is 24.8 Å². The van der Waals surface area contributed by atoms with Crippen LogP contribution in [0.15, 0.2) is 0 Å². The molecule has 2 fully saturated rings. The summed E-state index contributed by atoms with van der Waals surface area (Å²) in [6, 6.07) is 0.597. The highest BCUT2D eigenvalue weighted by molar-refractivity contribution is 5.85. The number of amides is 1. The number of hydrogen-bond donors (Lipinski definition) is 2. The lowest BCUT2D eigenvalue weighted by atomic mass is 9.86. The molecule has 0 aromatic heterocycles. The monoisotopic (exact) mass is 325 g/mol. The first-order chi connectivity index (χ1) is 8.38. The molecule has 0 spiro atoms. The summed E-state index contributed by atoms with van der Waals surface area (Å²) < 4.78 is 0. The molecule has 2 aliphatic rings. The first-order valence-electron chi connectivity index (χ1n) is 7.18. The highest BCUT2D eigenvalue weighted by Gasteiger charge is 2.34. The van der Waals surface area contributed by atoms with Crippen molar-refractivity contribution in [2.24, 2.45) is 11.1 Å². The van der Waals surface area contributed by atoms with Crippen LogP contribution in [0.4, 0.5) is 0 Å². The molecular formula is C14H29Cl2N3O. The Bertz CT molecular complexity index is 320. The van der Waals surface area contributed by atoms with Gasteiger partial charge in [0.25, 0.3) is 0 Å². The van der Waals surface area contributed by atoms with Crippen LogP contribution in [0.1, 0.15) is 46.5 Å². The fourth-order valence-corrected chi connectivity index (χ4v) is 3.04. The number of nitrogens with one attached hydrogen (secondary N) is 1. The van der Waals surface area contributed by atoms with Crippen LogP contribution in [0.2, 0.25) is 0 Å². The molecule has 20 heavy (non-hydrogen) atoms. The lowest BCUT2D eigenvalue weighted by Gasteiger charge is -2.36. The predicted molar refractivity (Wildman–Crippen MR) is 87.7 cm³/mol. The third-order valence-electron chi connectivity index (χ3n) is 4.38. The maximum atomic E-state index is 12.1. The maximum absolute atomic E-state index is 12.1. The van der Waals surface area contributed by atoms with Gasteiger partial charge in [0.2, 0.25) is 5.91 Å². The van der Waals surface area contributed by atoms with Crippen molar-refractivity contribution in [1.29, 1.82) is 0 Å². The molecule has 1 amide bonds. The van der Waals surface area contributed by atoms with Crippen molar-refractivity contribution in [1.82, 2.24) is 10.2 Å². The minimum absolute atomic E-state index is 0. The summed E-state index contributed by atoms with van der Waals surface area (Å²) in [7, 11) is 0. The van der Waals surface area contributed by atoms with Gasteiger partial charge in [-0.25, -0.2) is 0 Å². The summed E-state index contributed by atoms with van der Waals surface area (Å²) in [6.45, 7) is 8.40. The Morgan fingerprint density at radius 3 is 2.50 bits per heavy atom. The van der Waals surface area contributed by atoms with Crippen molar-refractivity contribution >= 4 is 30.7 Å². The number of rotatable bonds is 2. The molecule has 0 aliphatic carbocycles. The van der Waals surface area contributed by atoms with Gasteiger partial charge in [-0.15, -0.1) is 24.8 Å². The zero-order valence-corrected chi connectivity index (χ0v) is 14.4. The van der Waals surface area contributed by atoms with E-state index in [4.69, 9.17) is 5.73 Å². The molecule has 3 atom stereocenters. The third-order valence-corrected chi connectivity index (χ3v) is 4.38. The smallest absolute Gasteiger partial charge is 0.237 e. The summed E-state index contributed by atoms with van der Waals surface area (Å²) in [5.74, 6) is 0.0129. The molecule has 120 valence electrons. The first-order valence-corrected chi connectivity index (χ1v) is 7.18. The van der Waals surface area contributed by atoms with Crippen molar-refractivity contribution in [2.45, 2.75) is 64.6 Å². The normalized spacial score (nSPS) is 27.8. The van der Waals surface area contributed by atoms with Crippen LogP contribution in [0, 0.1) is 5.41 Å². The molecule has 2 heterocycles. The van der Waals surface area contributed by atoms with E-state index in [0.717, 1.165) is 19.4 Å². The zero-order chi connectivity index (χ0) is 13.3. The molecule has 2 unspecified atom stereocenters. The average Bonchev–Trinajstić information content (AvgIpc) is 2.73. The number of nitrogens with zero attached hydrogens (tertiary/aromatic N) is 1. The second-order valence-electron chi connectivity index (χ2n) is 6.91. The molecule has 6 heteroatoms. The van der Waals surface area contributed by atoms with E-state index in [1.54, 1.807) is 0 Å². The summed E-state index contributed by atoms with van der Waals surface area (Å²) in [6.07, 6.45) is 4.77. The maximum Gasteiger partial charge on any atom is 0.237 e. The van der Waals surface area contributed by atoms with Gasteiger partial charge in [0.15, 0.2) is 0 Å². The van der Waals surface area contributed by atoms with Crippen LogP contribution in [0.25, 0.3) is 0 Å². The topological polar surface area (TPSA) is 58.4 Å². The molecule has 2 saturated heterocycles. The van der Waals surface area contributed by atoms with Crippen LogP contribution in [-0.4, -0.2) is 42.0 Å². The molecule has 3 N–H and O–H groups in total. The van der Waals surface area contributed by atoms with Gasteiger partial charge in [-0.05, 0) is 37.6 Å². The van der Waals surface area contributed by atoms with Crippen molar-refractivity contribution in [3.63, 3.8) is 0 Å². The van der Waals surface area contributed by atoms with Crippen molar-refractivity contribution in [3.8, 4) is 0 Å². The van der Waals surface area contributed by atoms with Gasteiger partial charge < -0.3 is 16.0 Å². The number of carbonyl (C=O) groups excluding carboxylic acids is 1. The minimum Gasteiger partial charge on any atom is -0.352 e. The largest absolute Gasteiger partial charge is 0.352 e. The van der Waals surface area contributed by atoms with Crippen LogP contribution in [-0.2, 0) is 4.79 Å². The molecule has 0 aromatic rings. The number of piperidine rings is 1. The van der Waals surface area contributed by atoms with E-state index in [1.165, 1.54) is 19.4 Å². The van der Waals surface area contributed by atoms with Crippen molar-refractivity contribution < 1.29 is 4.79 Å². The molecule has 0 saturated carbocycles. The second kappa shape index (κ2) is 7.83. The number of fused-ring (bicyclic) bond motifs is 1. The van der Waals surface area contributed by atoms with Gasteiger partial charge in [0.05, 0.1) is 6.04 Å². The average molecular weight is 326 g/mol. The molecular weight excluding hydrogens is 297 g/mol. The Morgan fingerprint density at radius 2 is 1.90 bits per heavy atom. The first kappa shape index (κ1) is 20.0. The van der Waals surface area contributed by atoms with Gasteiger partial charge in [-0.2, -0.15) is 0 Å². The highest BCUT2D eigenvalue weighted by Crippen LogP contribution is 2.27. The van der Waals surface area contributed by atoms with Gasteiger partial charge in [-0.1, -0.05) is 20.8 Å². The number of hydrogen-bond acceptors (Lipinski definition) is 3. The second-order valence-corrected chi connectivity index (χ2v) is 6.91. The van der Waals surface area contributed by atoms with E-state index in [0.29, 0.717) is 12.1 Å². The summed E-state index contributed by atoms with van der Waals surface area (Å²) in [5, 5.41) is 3.15. The van der Waals surface area contributed by atoms with E-state index in [2.05, 4.69) is 10.2 Å². The zero-order valence-electron chi connectivity index (χ0n) is 12.7. The van der Waals surface area contributed by atoms with Gasteiger partial charge in [0.1, 0.15) is 0 Å². The summed E-state index contributed by atoms with van der Waals surface area (Å²) in [5.41, 5.74) is 5.83. The Kier molecular flexibility index (Phi) is 7.82. The molecule has 0 bridgehead atoms. The fraction of sp³-hybridized carbons (Fsp3) is 0.929. The lowest BCUT2D eigenvalue weighted by Crippen LogP contribution is -2.54. The molecule has 2 aliphatic heterocycles. The summed E-state index contributed by atoms with van der Waals surface area (Å²) in [4.78, 5) is 14.7. The molecule has 0 aromatic carbocycles. The van der Waals surface area contributed by atoms with E-state index in [9.17, 15) is 4.79 Å². The van der Waals surface area contributed by atoms with Gasteiger partial charge >= 0.3 is 0 Å². The van der Waals surface area contributed by atoms with E-state index < -0.39 is 6.04 Å². The lowest BCUT2D eigenvalue weighted by molar-refractivity contribution is -0.125. The van der Waals surface area contributed by atoms with E-state index in [-0.39, 0.29) is 36.1 Å². The number of nitrogens with two attached hydrogens (primary N) is 1. The summed E-state index contributed by atoms with van der Waals surface area (Å²) >= 11 is 0. The number of halogens is 2. The van der Waals surface area contributed by atoms with Crippen LogP contribution in [0.3, 0.4) is 0 Å². The third kappa shape index (κ3) is 4.76. The Hall–Kier alpha value is -0.0300. The van der Waals surface area contributed by atoms with Crippen molar-refractivity contribution in [2.75, 3.05) is 13.1 Å². The highest BCUT2D eigenvalue weighted by atomic mass is 35.5. The Balaban J connectivity index is 0.00000180. The van der Waals surface area contributed by atoms with Crippen LogP contribution < -0.4 is 11.1 Å². The molecule has 4 nitrogen and oxygen atoms in total. The SMILES string of the molecule is CC(C)(C)[C@H](N)C(=O)NC1CCN2CCCC2C1.Cl.Cl. The van der Waals surface area contributed by atoms with Gasteiger partial charge in [0, 0.05) is 18.6 Å². The Labute approximate surface area is 135 Å².